The summed E-state index contributed by atoms with van der Waals surface area (Å²) >= 11 is 1.58. The van der Waals surface area contributed by atoms with Crippen LogP contribution in [0.2, 0.25) is 0 Å². The first kappa shape index (κ1) is 23.4. The van der Waals surface area contributed by atoms with Gasteiger partial charge in [-0.25, -0.2) is 14.8 Å². The van der Waals surface area contributed by atoms with Gasteiger partial charge in [0, 0.05) is 37.1 Å². The molecule has 0 atom stereocenters. The third kappa shape index (κ3) is 6.84. The van der Waals surface area contributed by atoms with E-state index in [0.717, 1.165) is 16.3 Å². The highest BCUT2D eigenvalue weighted by Crippen LogP contribution is 2.22. The number of ether oxygens (including phenoxy) is 1. The molecule has 2 aromatic rings. The molecule has 0 aliphatic carbocycles. The van der Waals surface area contributed by atoms with Gasteiger partial charge in [-0.05, 0) is 20.8 Å². The van der Waals surface area contributed by atoms with Gasteiger partial charge in [-0.2, -0.15) is 0 Å². The number of aliphatic imine (C=N–C) groups is 1. The van der Waals surface area contributed by atoms with Crippen LogP contribution in [-0.2, 0) is 11.3 Å². The molecule has 0 unspecified atom stereocenters. The fourth-order valence-electron chi connectivity index (χ4n) is 2.82. The van der Waals surface area contributed by atoms with E-state index in [4.69, 9.17) is 10.5 Å². The number of nitrogens with two attached hydrogens (primary N) is 1. The molecule has 9 heteroatoms. The van der Waals surface area contributed by atoms with Crippen LogP contribution < -0.4 is 5.73 Å². The minimum atomic E-state index is -0.485. The van der Waals surface area contributed by atoms with Crippen LogP contribution in [0.1, 0.15) is 25.8 Å². The van der Waals surface area contributed by atoms with Gasteiger partial charge < -0.3 is 20.3 Å². The molecule has 1 saturated heterocycles. The molecule has 29 heavy (non-hydrogen) atoms. The van der Waals surface area contributed by atoms with Crippen molar-refractivity contribution in [1.29, 1.82) is 0 Å². The Balaban J connectivity index is 0.00000300. The third-order valence-corrected chi connectivity index (χ3v) is 5.09. The van der Waals surface area contributed by atoms with Gasteiger partial charge in [-0.3, -0.25) is 0 Å². The Hall–Kier alpha value is -1.88. The molecule has 158 valence electrons. The van der Waals surface area contributed by atoms with E-state index >= 15 is 0 Å². The molecule has 3 rings (SSSR count). The summed E-state index contributed by atoms with van der Waals surface area (Å²) < 4.78 is 5.42. The average Bonchev–Trinajstić information content (AvgIpc) is 3.15. The minimum absolute atomic E-state index is 0. The van der Waals surface area contributed by atoms with Crippen molar-refractivity contribution in [2.24, 2.45) is 10.7 Å². The van der Waals surface area contributed by atoms with Gasteiger partial charge in [0.15, 0.2) is 5.96 Å². The minimum Gasteiger partial charge on any atom is -0.444 e. The van der Waals surface area contributed by atoms with Crippen LogP contribution in [0.5, 0.6) is 0 Å². The zero-order valence-corrected chi connectivity index (χ0v) is 20.1. The Bertz CT molecular complexity index is 827. The molecule has 1 fully saturated rings. The maximum absolute atomic E-state index is 12.1. The predicted molar refractivity (Wildman–Crippen MR) is 128 cm³/mol. The van der Waals surface area contributed by atoms with E-state index in [2.05, 4.69) is 9.98 Å². The Morgan fingerprint density at radius 2 is 1.79 bits per heavy atom. The molecule has 1 aliphatic heterocycles. The van der Waals surface area contributed by atoms with E-state index in [1.165, 1.54) is 0 Å². The summed E-state index contributed by atoms with van der Waals surface area (Å²) in [7, 11) is 0. The zero-order chi connectivity index (χ0) is 20.1. The van der Waals surface area contributed by atoms with E-state index < -0.39 is 5.60 Å². The van der Waals surface area contributed by atoms with Crippen LogP contribution in [0, 0.1) is 0 Å². The highest BCUT2D eigenvalue weighted by Gasteiger charge is 2.26. The first-order valence-electron chi connectivity index (χ1n) is 9.34. The molecule has 2 N–H and O–H groups in total. The maximum atomic E-state index is 12.1. The molecule has 0 radical (unpaired) electrons. The first-order valence-corrected chi connectivity index (χ1v) is 10.2. The van der Waals surface area contributed by atoms with Crippen molar-refractivity contribution in [2.75, 3.05) is 26.2 Å². The lowest BCUT2D eigenvalue weighted by Crippen LogP contribution is -2.53. The first-order chi connectivity index (χ1) is 13.3. The number of thiazole rings is 1. The number of carbonyl (C=O) groups excluding carboxylic acids is 1. The number of nitrogens with zero attached hydrogens (tertiary/aromatic N) is 4. The van der Waals surface area contributed by atoms with Gasteiger partial charge in [0.05, 0.1) is 12.2 Å². The maximum Gasteiger partial charge on any atom is 0.410 e. The third-order valence-electron chi connectivity index (χ3n) is 4.25. The van der Waals surface area contributed by atoms with Gasteiger partial charge >= 0.3 is 6.09 Å². The number of aromatic nitrogens is 1. The summed E-state index contributed by atoms with van der Waals surface area (Å²) in [5.41, 5.74) is 7.73. The van der Waals surface area contributed by atoms with Crippen LogP contribution in [0.15, 0.2) is 40.7 Å². The second kappa shape index (κ2) is 10.2. The lowest BCUT2D eigenvalue weighted by atomic mass is 10.2. The normalized spacial score (nSPS) is 15.1. The van der Waals surface area contributed by atoms with Gasteiger partial charge in [-0.15, -0.1) is 35.3 Å². The zero-order valence-electron chi connectivity index (χ0n) is 17.0. The number of amides is 1. The molecule has 0 saturated carbocycles. The van der Waals surface area contributed by atoms with Crippen LogP contribution in [0.25, 0.3) is 11.3 Å². The number of halogens is 1. The van der Waals surface area contributed by atoms with Gasteiger partial charge in [0.2, 0.25) is 0 Å². The largest absolute Gasteiger partial charge is 0.444 e. The number of hydrogen-bond acceptors (Lipinski definition) is 5. The van der Waals surface area contributed by atoms with E-state index in [9.17, 15) is 4.79 Å². The summed E-state index contributed by atoms with van der Waals surface area (Å²) in [4.78, 5) is 25.0. The summed E-state index contributed by atoms with van der Waals surface area (Å²) in [6.45, 7) is 8.48. The summed E-state index contributed by atoms with van der Waals surface area (Å²) in [6.07, 6.45) is -0.279. The molecule has 1 amide bonds. The lowest BCUT2D eigenvalue weighted by molar-refractivity contribution is 0.0186. The average molecular weight is 529 g/mol. The number of piperazine rings is 1. The van der Waals surface area contributed by atoms with Crippen molar-refractivity contribution in [3.05, 3.63) is 40.7 Å². The molecule has 7 nitrogen and oxygen atoms in total. The molecule has 1 aromatic carbocycles. The number of benzene rings is 1. The van der Waals surface area contributed by atoms with Gasteiger partial charge in [0.1, 0.15) is 10.6 Å². The predicted octanol–water partition coefficient (Wildman–Crippen LogP) is 3.80. The molecular formula is C20H28IN5O2S. The van der Waals surface area contributed by atoms with Gasteiger partial charge in [-0.1, -0.05) is 30.3 Å². The highest BCUT2D eigenvalue weighted by atomic mass is 127. The monoisotopic (exact) mass is 529 g/mol. The quantitative estimate of drug-likeness (QED) is 0.372. The van der Waals surface area contributed by atoms with Crippen molar-refractivity contribution in [3.8, 4) is 11.3 Å². The second-order valence-corrected chi connectivity index (χ2v) is 8.56. The SMILES string of the molecule is CC(C)(C)OC(=O)N1CCN(C(N)=NCc2nc(-c3ccccc3)cs2)CC1.I. The summed E-state index contributed by atoms with van der Waals surface area (Å²) in [6, 6.07) is 10.1. The van der Waals surface area contributed by atoms with Crippen molar-refractivity contribution < 1.29 is 9.53 Å². The van der Waals surface area contributed by atoms with E-state index in [1.54, 1.807) is 16.2 Å². The molecule has 1 aromatic heterocycles. The molecule has 1 aliphatic rings. The molecular weight excluding hydrogens is 501 g/mol. The Morgan fingerprint density at radius 1 is 1.17 bits per heavy atom. The second-order valence-electron chi connectivity index (χ2n) is 7.62. The van der Waals surface area contributed by atoms with Crippen molar-refractivity contribution in [3.63, 3.8) is 0 Å². The Kier molecular flexibility index (Phi) is 8.26. The Morgan fingerprint density at radius 3 is 2.41 bits per heavy atom. The smallest absolute Gasteiger partial charge is 0.410 e. The fourth-order valence-corrected chi connectivity index (χ4v) is 3.54. The van der Waals surface area contributed by atoms with Crippen LogP contribution in [-0.4, -0.2) is 58.6 Å². The topological polar surface area (TPSA) is 84.0 Å². The van der Waals surface area contributed by atoms with Gasteiger partial charge in [0.25, 0.3) is 0 Å². The number of guanidine groups is 1. The van der Waals surface area contributed by atoms with Crippen molar-refractivity contribution in [2.45, 2.75) is 32.9 Å². The van der Waals surface area contributed by atoms with E-state index in [0.29, 0.717) is 38.7 Å². The van der Waals surface area contributed by atoms with Crippen LogP contribution in [0.4, 0.5) is 4.79 Å². The highest BCUT2D eigenvalue weighted by molar-refractivity contribution is 14.0. The standard InChI is InChI=1S/C20H27N5O2S.HI/c1-20(2,3)27-19(26)25-11-9-24(10-12-25)18(21)22-13-17-23-16(14-28-17)15-7-5-4-6-8-15;/h4-8,14H,9-13H2,1-3H3,(H2,21,22);1H. The lowest BCUT2D eigenvalue weighted by Gasteiger charge is -2.36. The number of rotatable bonds is 3. The molecule has 2 heterocycles. The summed E-state index contributed by atoms with van der Waals surface area (Å²) in [5, 5.41) is 2.96. The van der Waals surface area contributed by atoms with Crippen LogP contribution in [0.3, 0.4) is 0 Å². The van der Waals surface area contributed by atoms with E-state index in [1.807, 2.05) is 61.4 Å². The number of hydrogen-bond donors (Lipinski definition) is 1. The van der Waals surface area contributed by atoms with Crippen LogP contribution >= 0.6 is 35.3 Å². The molecule has 0 spiro atoms. The fraction of sp³-hybridized carbons (Fsp3) is 0.450. The Labute approximate surface area is 193 Å². The van der Waals surface area contributed by atoms with E-state index in [-0.39, 0.29) is 30.1 Å². The summed E-state index contributed by atoms with van der Waals surface area (Å²) in [5.74, 6) is 0.486. The number of carbonyl (C=O) groups is 1. The van der Waals surface area contributed by atoms with Crippen molar-refractivity contribution in [1.82, 2.24) is 14.8 Å². The van der Waals surface area contributed by atoms with Crippen molar-refractivity contribution >= 4 is 47.4 Å². The molecule has 0 bridgehead atoms.